The Kier molecular flexibility index (Phi) is 5.87. The highest BCUT2D eigenvalue weighted by molar-refractivity contribution is 5.95. The van der Waals surface area contributed by atoms with Crippen LogP contribution in [-0.2, 0) is 25.6 Å². The Morgan fingerprint density at radius 1 is 1.25 bits per heavy atom. The standard InChI is InChI=1S/C22H27F3N2O/c1-4-14(2)26-21(28)20-15(3)18-10-5-6-11-19(18)27(20)13-16-8-7-9-17(12-16)22(23,24)25/h7-9,12,14H,4-6,10-11,13H2,1-3H3,(H,26,28)/t14-/m1/s1. The van der Waals surface area contributed by atoms with Crippen LogP contribution < -0.4 is 5.32 Å². The molecule has 0 fully saturated rings. The smallest absolute Gasteiger partial charge is 0.348 e. The second-order valence-corrected chi connectivity index (χ2v) is 7.67. The largest absolute Gasteiger partial charge is 0.416 e. The van der Waals surface area contributed by atoms with Gasteiger partial charge in [-0.05, 0) is 74.8 Å². The number of nitrogens with one attached hydrogen (secondary N) is 1. The zero-order valence-corrected chi connectivity index (χ0v) is 16.6. The van der Waals surface area contributed by atoms with Gasteiger partial charge in [-0.2, -0.15) is 13.2 Å². The van der Waals surface area contributed by atoms with Gasteiger partial charge in [0, 0.05) is 18.3 Å². The Hall–Kier alpha value is -2.24. The van der Waals surface area contributed by atoms with E-state index in [0.29, 0.717) is 11.3 Å². The third kappa shape index (κ3) is 4.10. The fourth-order valence-corrected chi connectivity index (χ4v) is 3.96. The molecule has 0 radical (unpaired) electrons. The third-order valence-corrected chi connectivity index (χ3v) is 5.64. The van der Waals surface area contributed by atoms with Crippen LogP contribution in [0.25, 0.3) is 0 Å². The molecule has 3 nitrogen and oxygen atoms in total. The van der Waals surface area contributed by atoms with Gasteiger partial charge in [-0.1, -0.05) is 19.1 Å². The van der Waals surface area contributed by atoms with Crippen molar-refractivity contribution in [2.45, 2.75) is 71.6 Å². The second-order valence-electron chi connectivity index (χ2n) is 7.67. The van der Waals surface area contributed by atoms with E-state index < -0.39 is 11.7 Å². The SMILES string of the molecule is CC[C@@H](C)NC(=O)c1c(C)c2c(n1Cc1cccc(C(F)(F)F)c1)CCCC2. The van der Waals surface area contributed by atoms with Crippen molar-refractivity contribution in [3.8, 4) is 0 Å². The van der Waals surface area contributed by atoms with Crippen LogP contribution in [0.15, 0.2) is 24.3 Å². The predicted molar refractivity (Wildman–Crippen MR) is 104 cm³/mol. The molecule has 1 aromatic heterocycles. The van der Waals surface area contributed by atoms with Gasteiger partial charge in [-0.3, -0.25) is 4.79 Å². The van der Waals surface area contributed by atoms with Crippen LogP contribution in [0.5, 0.6) is 0 Å². The molecule has 1 heterocycles. The minimum atomic E-state index is -4.38. The van der Waals surface area contributed by atoms with Crippen molar-refractivity contribution < 1.29 is 18.0 Å². The molecule has 1 aliphatic rings. The lowest BCUT2D eigenvalue weighted by Gasteiger charge is -2.18. The van der Waals surface area contributed by atoms with Gasteiger partial charge < -0.3 is 9.88 Å². The maximum atomic E-state index is 13.1. The molecule has 0 saturated carbocycles. The fraction of sp³-hybridized carbons (Fsp3) is 0.500. The molecule has 1 aliphatic carbocycles. The number of aromatic nitrogens is 1. The Bertz CT molecular complexity index is 867. The van der Waals surface area contributed by atoms with E-state index in [1.807, 2.05) is 25.3 Å². The number of carbonyl (C=O) groups excluding carboxylic acids is 1. The molecule has 0 unspecified atom stereocenters. The minimum Gasteiger partial charge on any atom is -0.348 e. The van der Waals surface area contributed by atoms with Crippen LogP contribution in [0.2, 0.25) is 0 Å². The number of halogens is 3. The van der Waals surface area contributed by atoms with E-state index in [4.69, 9.17) is 0 Å². The Labute approximate surface area is 163 Å². The van der Waals surface area contributed by atoms with Gasteiger partial charge in [0.1, 0.15) is 5.69 Å². The maximum Gasteiger partial charge on any atom is 0.416 e. The molecule has 0 saturated heterocycles. The van der Waals surface area contributed by atoms with Crippen molar-refractivity contribution in [3.63, 3.8) is 0 Å². The molecule has 1 aromatic carbocycles. The number of carbonyl (C=O) groups is 1. The summed E-state index contributed by atoms with van der Waals surface area (Å²) in [6.07, 6.45) is 0.322. The molecule has 2 aromatic rings. The van der Waals surface area contributed by atoms with Crippen LogP contribution in [0.3, 0.4) is 0 Å². The summed E-state index contributed by atoms with van der Waals surface area (Å²) in [5.74, 6) is -0.145. The van der Waals surface area contributed by atoms with E-state index in [2.05, 4.69) is 5.32 Å². The normalized spacial score (nSPS) is 15.2. The first-order chi connectivity index (χ1) is 13.2. The number of hydrogen-bond acceptors (Lipinski definition) is 1. The van der Waals surface area contributed by atoms with Gasteiger partial charge in [0.2, 0.25) is 0 Å². The summed E-state index contributed by atoms with van der Waals surface area (Å²) in [5.41, 5.74) is 3.72. The minimum absolute atomic E-state index is 0.0424. The molecule has 28 heavy (non-hydrogen) atoms. The molecule has 6 heteroatoms. The molecular formula is C22H27F3N2O. The van der Waals surface area contributed by atoms with Gasteiger partial charge >= 0.3 is 6.18 Å². The van der Waals surface area contributed by atoms with Crippen molar-refractivity contribution in [1.82, 2.24) is 9.88 Å². The molecule has 1 amide bonds. The van der Waals surface area contributed by atoms with Gasteiger partial charge in [-0.25, -0.2) is 0 Å². The topological polar surface area (TPSA) is 34.0 Å². The summed E-state index contributed by atoms with van der Waals surface area (Å²) in [4.78, 5) is 13.0. The summed E-state index contributed by atoms with van der Waals surface area (Å²) in [6.45, 7) is 6.18. The molecule has 152 valence electrons. The maximum absolute atomic E-state index is 13.1. The molecule has 0 aliphatic heterocycles. The lowest BCUT2D eigenvalue weighted by atomic mass is 9.95. The number of rotatable bonds is 5. The number of amides is 1. The quantitative estimate of drug-likeness (QED) is 0.739. The van der Waals surface area contributed by atoms with E-state index in [9.17, 15) is 18.0 Å². The fourth-order valence-electron chi connectivity index (χ4n) is 3.96. The Morgan fingerprint density at radius 2 is 1.96 bits per heavy atom. The van der Waals surface area contributed by atoms with Crippen LogP contribution >= 0.6 is 0 Å². The molecule has 0 spiro atoms. The monoisotopic (exact) mass is 392 g/mol. The van der Waals surface area contributed by atoms with Gasteiger partial charge in [0.15, 0.2) is 0 Å². The summed E-state index contributed by atoms with van der Waals surface area (Å²) in [5, 5.41) is 3.02. The highest BCUT2D eigenvalue weighted by atomic mass is 19.4. The molecular weight excluding hydrogens is 365 g/mol. The van der Waals surface area contributed by atoms with Crippen LogP contribution in [0.1, 0.15) is 71.5 Å². The van der Waals surface area contributed by atoms with Crippen molar-refractivity contribution in [2.75, 3.05) is 0 Å². The molecule has 1 atom stereocenters. The first kappa shape index (κ1) is 20.5. The van der Waals surface area contributed by atoms with Crippen molar-refractivity contribution in [3.05, 3.63) is 57.9 Å². The predicted octanol–water partition coefficient (Wildman–Crippen LogP) is 5.27. The van der Waals surface area contributed by atoms with E-state index in [-0.39, 0.29) is 18.5 Å². The van der Waals surface area contributed by atoms with Crippen molar-refractivity contribution in [2.24, 2.45) is 0 Å². The Morgan fingerprint density at radius 3 is 2.64 bits per heavy atom. The summed E-state index contributed by atoms with van der Waals surface area (Å²) < 4.78 is 41.3. The van der Waals surface area contributed by atoms with Crippen LogP contribution in [0.4, 0.5) is 13.2 Å². The van der Waals surface area contributed by atoms with E-state index in [1.165, 1.54) is 17.7 Å². The molecule has 0 bridgehead atoms. The van der Waals surface area contributed by atoms with E-state index in [1.54, 1.807) is 6.07 Å². The van der Waals surface area contributed by atoms with E-state index >= 15 is 0 Å². The van der Waals surface area contributed by atoms with Gasteiger partial charge in [-0.15, -0.1) is 0 Å². The van der Waals surface area contributed by atoms with E-state index in [0.717, 1.165) is 49.4 Å². The number of nitrogens with zero attached hydrogens (tertiary/aromatic N) is 1. The average molecular weight is 392 g/mol. The number of benzene rings is 1. The summed E-state index contributed by atoms with van der Waals surface area (Å²) in [7, 11) is 0. The van der Waals surface area contributed by atoms with Crippen LogP contribution in [-0.4, -0.2) is 16.5 Å². The molecule has 3 rings (SSSR count). The summed E-state index contributed by atoms with van der Waals surface area (Å²) in [6, 6.07) is 5.42. The number of alkyl halides is 3. The summed E-state index contributed by atoms with van der Waals surface area (Å²) >= 11 is 0. The molecule has 1 N–H and O–H groups in total. The highest BCUT2D eigenvalue weighted by Gasteiger charge is 2.31. The number of hydrogen-bond donors (Lipinski definition) is 1. The average Bonchev–Trinajstić information content (AvgIpc) is 2.93. The second kappa shape index (κ2) is 8.02. The lowest BCUT2D eigenvalue weighted by Crippen LogP contribution is -2.34. The first-order valence-electron chi connectivity index (χ1n) is 9.90. The van der Waals surface area contributed by atoms with Crippen molar-refractivity contribution in [1.29, 1.82) is 0 Å². The third-order valence-electron chi connectivity index (χ3n) is 5.64. The van der Waals surface area contributed by atoms with Crippen molar-refractivity contribution >= 4 is 5.91 Å². The Balaban J connectivity index is 2.03. The van der Waals surface area contributed by atoms with Crippen LogP contribution in [0, 0.1) is 6.92 Å². The highest BCUT2D eigenvalue weighted by Crippen LogP contribution is 2.32. The lowest BCUT2D eigenvalue weighted by molar-refractivity contribution is -0.137. The zero-order chi connectivity index (χ0) is 20.5. The zero-order valence-electron chi connectivity index (χ0n) is 16.6. The van der Waals surface area contributed by atoms with Gasteiger partial charge in [0.05, 0.1) is 5.56 Å². The van der Waals surface area contributed by atoms with Gasteiger partial charge in [0.25, 0.3) is 5.91 Å². The number of fused-ring (bicyclic) bond motifs is 1. The first-order valence-corrected chi connectivity index (χ1v) is 9.90.